The van der Waals surface area contributed by atoms with Crippen molar-refractivity contribution in [1.29, 1.82) is 0 Å². The summed E-state index contributed by atoms with van der Waals surface area (Å²) in [6, 6.07) is 7.44. The summed E-state index contributed by atoms with van der Waals surface area (Å²) in [6.45, 7) is 2.63. The predicted molar refractivity (Wildman–Crippen MR) is 71.0 cm³/mol. The highest BCUT2D eigenvalue weighted by atomic mass is 35.5. The standard InChI is InChI=1S/C14H17ClO4/c1-2-14-18-9-13(12(7-16)19-14)17-8-10-5-3-4-6-11(10)15/h3-7,12-14H,2,8-9H2,1H3/t12-,13-,14+/m0/s1. The zero-order valence-electron chi connectivity index (χ0n) is 10.8. The van der Waals surface area contributed by atoms with Gasteiger partial charge >= 0.3 is 0 Å². The van der Waals surface area contributed by atoms with Crippen molar-refractivity contribution in [3.8, 4) is 0 Å². The van der Waals surface area contributed by atoms with Crippen LogP contribution in [0.1, 0.15) is 18.9 Å². The molecule has 0 N–H and O–H groups in total. The molecule has 1 saturated heterocycles. The van der Waals surface area contributed by atoms with Crippen molar-refractivity contribution in [3.05, 3.63) is 34.9 Å². The van der Waals surface area contributed by atoms with Crippen LogP contribution >= 0.6 is 11.6 Å². The lowest BCUT2D eigenvalue weighted by molar-refractivity contribution is -0.253. The van der Waals surface area contributed by atoms with Crippen molar-refractivity contribution < 1.29 is 19.0 Å². The Labute approximate surface area is 117 Å². The van der Waals surface area contributed by atoms with Crippen molar-refractivity contribution in [3.63, 3.8) is 0 Å². The maximum Gasteiger partial charge on any atom is 0.158 e. The van der Waals surface area contributed by atoms with Gasteiger partial charge in [0.1, 0.15) is 12.2 Å². The second-order valence-electron chi connectivity index (χ2n) is 4.35. The molecule has 4 nitrogen and oxygen atoms in total. The van der Waals surface area contributed by atoms with Gasteiger partial charge in [-0.15, -0.1) is 0 Å². The number of hydrogen-bond donors (Lipinski definition) is 0. The third-order valence-corrected chi connectivity index (χ3v) is 3.37. The Hall–Kier alpha value is -0.940. The number of halogens is 1. The van der Waals surface area contributed by atoms with Gasteiger partial charge in [0.05, 0.1) is 13.2 Å². The first-order valence-corrected chi connectivity index (χ1v) is 6.69. The highest BCUT2D eigenvalue weighted by molar-refractivity contribution is 6.31. The quantitative estimate of drug-likeness (QED) is 0.780. The molecule has 0 amide bonds. The van der Waals surface area contributed by atoms with Gasteiger partial charge in [-0.1, -0.05) is 36.7 Å². The van der Waals surface area contributed by atoms with E-state index in [2.05, 4.69) is 0 Å². The minimum Gasteiger partial charge on any atom is -0.368 e. The lowest BCUT2D eigenvalue weighted by Gasteiger charge is -2.33. The summed E-state index contributed by atoms with van der Waals surface area (Å²) in [5.74, 6) is 0. The summed E-state index contributed by atoms with van der Waals surface area (Å²) in [5, 5.41) is 0.647. The van der Waals surface area contributed by atoms with E-state index in [1.165, 1.54) is 0 Å². The first-order chi connectivity index (χ1) is 9.24. The van der Waals surface area contributed by atoms with E-state index in [4.69, 9.17) is 25.8 Å². The summed E-state index contributed by atoms with van der Waals surface area (Å²) < 4.78 is 16.6. The Balaban J connectivity index is 1.92. The largest absolute Gasteiger partial charge is 0.368 e. The summed E-state index contributed by atoms with van der Waals surface area (Å²) in [6.07, 6.45) is 0.178. The number of hydrogen-bond acceptors (Lipinski definition) is 4. The normalized spacial score (nSPS) is 27.2. The molecule has 0 saturated carbocycles. The van der Waals surface area contributed by atoms with Crippen LogP contribution in [0.3, 0.4) is 0 Å². The molecule has 0 aliphatic carbocycles. The van der Waals surface area contributed by atoms with E-state index in [0.29, 0.717) is 24.7 Å². The molecule has 1 aromatic rings. The molecule has 0 spiro atoms. The first kappa shape index (κ1) is 14.5. The van der Waals surface area contributed by atoms with Crippen LogP contribution in [0.5, 0.6) is 0 Å². The number of rotatable bonds is 5. The lowest BCUT2D eigenvalue weighted by Crippen LogP contribution is -2.45. The predicted octanol–water partition coefficient (Wildman–Crippen LogP) is 2.58. The molecule has 0 bridgehead atoms. The SMILES string of the molecule is CC[C@@H]1OC[C@H](OCc2ccccc2Cl)[C@H](C=O)O1. The van der Waals surface area contributed by atoms with Crippen LogP contribution in [0.4, 0.5) is 0 Å². The summed E-state index contributed by atoms with van der Waals surface area (Å²) in [7, 11) is 0. The molecule has 1 aromatic carbocycles. The fourth-order valence-electron chi connectivity index (χ4n) is 1.89. The molecule has 0 radical (unpaired) electrons. The third kappa shape index (κ3) is 3.76. The van der Waals surface area contributed by atoms with E-state index in [1.807, 2.05) is 25.1 Å². The molecule has 1 heterocycles. The summed E-state index contributed by atoms with van der Waals surface area (Å²) >= 11 is 6.05. The second kappa shape index (κ2) is 7.01. The van der Waals surface area contributed by atoms with Gasteiger partial charge in [0, 0.05) is 5.02 Å². The lowest BCUT2D eigenvalue weighted by atomic mass is 10.2. The van der Waals surface area contributed by atoms with E-state index in [1.54, 1.807) is 6.07 Å². The minimum atomic E-state index is -0.582. The van der Waals surface area contributed by atoms with Gasteiger partial charge in [-0.2, -0.15) is 0 Å². The van der Waals surface area contributed by atoms with Crippen molar-refractivity contribution in [2.75, 3.05) is 6.61 Å². The molecule has 0 unspecified atom stereocenters. The van der Waals surface area contributed by atoms with Gasteiger partial charge in [-0.05, 0) is 18.1 Å². The molecule has 2 rings (SSSR count). The highest BCUT2D eigenvalue weighted by Crippen LogP contribution is 2.20. The van der Waals surface area contributed by atoms with Crippen LogP contribution in [-0.4, -0.2) is 31.4 Å². The van der Waals surface area contributed by atoms with Gasteiger partial charge in [-0.3, -0.25) is 0 Å². The Bertz CT molecular complexity index is 424. The van der Waals surface area contributed by atoms with Crippen molar-refractivity contribution in [1.82, 2.24) is 0 Å². The van der Waals surface area contributed by atoms with Crippen LogP contribution in [0.15, 0.2) is 24.3 Å². The molecule has 104 valence electrons. The summed E-state index contributed by atoms with van der Waals surface area (Å²) in [5.41, 5.74) is 0.881. The topological polar surface area (TPSA) is 44.8 Å². The fraction of sp³-hybridized carbons (Fsp3) is 0.500. The average molecular weight is 285 g/mol. The maximum atomic E-state index is 11.0. The molecular weight excluding hydrogens is 268 g/mol. The number of aldehydes is 1. The van der Waals surface area contributed by atoms with E-state index in [-0.39, 0.29) is 6.29 Å². The van der Waals surface area contributed by atoms with Crippen molar-refractivity contribution >= 4 is 17.9 Å². The smallest absolute Gasteiger partial charge is 0.158 e. The second-order valence-corrected chi connectivity index (χ2v) is 4.76. The Morgan fingerprint density at radius 3 is 2.95 bits per heavy atom. The number of ether oxygens (including phenoxy) is 3. The van der Waals surface area contributed by atoms with E-state index in [0.717, 1.165) is 11.8 Å². The first-order valence-electron chi connectivity index (χ1n) is 6.32. The van der Waals surface area contributed by atoms with Crippen LogP contribution < -0.4 is 0 Å². The maximum absolute atomic E-state index is 11.0. The van der Waals surface area contributed by atoms with Crippen LogP contribution in [0.25, 0.3) is 0 Å². The van der Waals surface area contributed by atoms with Gasteiger partial charge < -0.3 is 19.0 Å². The van der Waals surface area contributed by atoms with Crippen molar-refractivity contribution in [2.24, 2.45) is 0 Å². The number of benzene rings is 1. The Kier molecular flexibility index (Phi) is 5.34. The van der Waals surface area contributed by atoms with E-state index >= 15 is 0 Å². The molecule has 3 atom stereocenters. The third-order valence-electron chi connectivity index (χ3n) is 3.00. The monoisotopic (exact) mass is 284 g/mol. The number of carbonyl (C=O) groups is 1. The van der Waals surface area contributed by atoms with E-state index < -0.39 is 12.2 Å². The summed E-state index contributed by atoms with van der Waals surface area (Å²) in [4.78, 5) is 11.0. The van der Waals surface area contributed by atoms with Crippen LogP contribution in [0, 0.1) is 0 Å². The Morgan fingerprint density at radius 1 is 1.47 bits per heavy atom. The van der Waals surface area contributed by atoms with Gasteiger partial charge in [-0.25, -0.2) is 0 Å². The molecule has 1 aliphatic heterocycles. The van der Waals surface area contributed by atoms with E-state index in [9.17, 15) is 4.79 Å². The zero-order chi connectivity index (χ0) is 13.7. The van der Waals surface area contributed by atoms with Crippen LogP contribution in [-0.2, 0) is 25.6 Å². The highest BCUT2D eigenvalue weighted by Gasteiger charge is 2.31. The minimum absolute atomic E-state index is 0.324. The van der Waals surface area contributed by atoms with Gasteiger partial charge in [0.2, 0.25) is 0 Å². The molecule has 19 heavy (non-hydrogen) atoms. The van der Waals surface area contributed by atoms with Gasteiger partial charge in [0.25, 0.3) is 0 Å². The molecule has 1 fully saturated rings. The van der Waals surface area contributed by atoms with Gasteiger partial charge in [0.15, 0.2) is 12.6 Å². The molecule has 1 aliphatic rings. The molecule has 0 aromatic heterocycles. The fourth-order valence-corrected chi connectivity index (χ4v) is 2.08. The molecular formula is C14H17ClO4. The Morgan fingerprint density at radius 2 is 2.26 bits per heavy atom. The zero-order valence-corrected chi connectivity index (χ0v) is 11.5. The average Bonchev–Trinajstić information content (AvgIpc) is 2.46. The molecule has 5 heteroatoms. The van der Waals surface area contributed by atoms with Crippen LogP contribution in [0.2, 0.25) is 5.02 Å². The number of carbonyl (C=O) groups excluding carboxylic acids is 1. The van der Waals surface area contributed by atoms with Crippen molar-refractivity contribution in [2.45, 2.75) is 38.4 Å².